The van der Waals surface area contributed by atoms with Crippen LogP contribution in [-0.4, -0.2) is 54.3 Å². The Morgan fingerprint density at radius 2 is 2.28 bits per heavy atom. The molecule has 0 radical (unpaired) electrons. The van der Waals surface area contributed by atoms with Crippen LogP contribution < -0.4 is 15.7 Å². The number of fused-ring (bicyclic) bond motifs is 1. The van der Waals surface area contributed by atoms with Gasteiger partial charge in [0.25, 0.3) is 16.8 Å². The molecule has 1 saturated heterocycles. The molecular weight excluding hydrogens is 460 g/mol. The molecule has 32 heavy (non-hydrogen) atoms. The van der Waals surface area contributed by atoms with Gasteiger partial charge in [-0.05, 0) is 40.9 Å². The van der Waals surface area contributed by atoms with Gasteiger partial charge < -0.3 is 16.2 Å². The number of rotatable bonds is 7. The number of nitrogens with zero attached hydrogens (tertiary/aromatic N) is 6. The Hall–Kier alpha value is -3.46. The molecule has 0 aromatic carbocycles. The fourth-order valence-electron chi connectivity index (χ4n) is 3.59. The number of hydrogen-bond donors (Lipinski definition) is 3. The van der Waals surface area contributed by atoms with Crippen molar-refractivity contribution in [2.24, 2.45) is 12.2 Å². The number of anilines is 1. The van der Waals surface area contributed by atoms with E-state index < -0.39 is 35.9 Å². The van der Waals surface area contributed by atoms with E-state index in [9.17, 15) is 24.4 Å². The maximum atomic E-state index is 12.8. The molecule has 0 saturated carbocycles. The summed E-state index contributed by atoms with van der Waals surface area (Å²) in [5.41, 5.74) is 5.36. The number of hydrogen-bond acceptors (Lipinski definition) is 11. The van der Waals surface area contributed by atoms with Crippen molar-refractivity contribution in [3.63, 3.8) is 0 Å². The molecule has 4 rings (SSSR count). The molecule has 1 fully saturated rings. The molecule has 0 bridgehead atoms. The Kier molecular flexibility index (Phi) is 5.84. The van der Waals surface area contributed by atoms with Crippen molar-refractivity contribution in [3.05, 3.63) is 39.7 Å². The highest BCUT2D eigenvalue weighted by atomic mass is 32.2. The zero-order chi connectivity index (χ0) is 23.0. The number of carbonyl (C=O) groups is 3. The minimum absolute atomic E-state index is 0.0721. The minimum atomic E-state index is -1.56. The van der Waals surface area contributed by atoms with Gasteiger partial charge in [-0.25, -0.2) is 9.78 Å². The molecule has 4 N–H and O–H groups in total. The van der Waals surface area contributed by atoms with Crippen LogP contribution in [0.5, 0.6) is 0 Å². The molecule has 3 atom stereocenters. The lowest BCUT2D eigenvalue weighted by atomic mass is 9.86. The number of aromatic nitrogens is 4. The van der Waals surface area contributed by atoms with Gasteiger partial charge in [-0.1, -0.05) is 4.68 Å². The van der Waals surface area contributed by atoms with Gasteiger partial charge in [0.05, 0.1) is 12.2 Å². The first-order valence-corrected chi connectivity index (χ1v) is 10.9. The van der Waals surface area contributed by atoms with E-state index in [0.717, 1.165) is 11.5 Å². The molecule has 13 nitrogen and oxygen atoms in total. The van der Waals surface area contributed by atoms with Crippen LogP contribution in [0.1, 0.15) is 24.7 Å². The molecule has 166 valence electrons. The van der Waals surface area contributed by atoms with Crippen LogP contribution in [0.4, 0.5) is 5.13 Å². The lowest BCUT2D eigenvalue weighted by molar-refractivity contribution is -0.765. The van der Waals surface area contributed by atoms with Gasteiger partial charge in [0, 0.05) is 22.5 Å². The van der Waals surface area contributed by atoms with Gasteiger partial charge in [-0.15, -0.1) is 4.91 Å². The SMILES string of the molecule is C[n+]1ncccc1SC1=C(C(=O)O)N2C(=O)[C@@H](NC(=O)C(N=O)c3nsc(N)n3)C2CC1. The van der Waals surface area contributed by atoms with Crippen LogP contribution in [0, 0.1) is 4.91 Å². The summed E-state index contributed by atoms with van der Waals surface area (Å²) in [7, 11) is 1.73. The molecule has 2 amide bonds. The highest BCUT2D eigenvalue weighted by Crippen LogP contribution is 2.42. The van der Waals surface area contributed by atoms with E-state index in [1.54, 1.807) is 30.1 Å². The van der Waals surface area contributed by atoms with Gasteiger partial charge in [0.1, 0.15) is 11.7 Å². The maximum Gasteiger partial charge on any atom is 0.353 e. The van der Waals surface area contributed by atoms with Crippen LogP contribution in [0.15, 0.2) is 39.1 Å². The number of aliphatic carboxylic acids is 1. The van der Waals surface area contributed by atoms with Crippen LogP contribution >= 0.6 is 23.3 Å². The molecule has 2 aromatic heterocycles. The lowest BCUT2D eigenvalue weighted by Gasteiger charge is -2.50. The van der Waals surface area contributed by atoms with Crippen molar-refractivity contribution in [1.29, 1.82) is 0 Å². The number of nitrogen functional groups attached to an aromatic ring is 1. The molecule has 4 heterocycles. The molecule has 2 aliphatic heterocycles. The topological polar surface area (TPSA) is 185 Å². The molecular formula is C17H17N8O5S2+. The Morgan fingerprint density at radius 3 is 2.91 bits per heavy atom. The quantitative estimate of drug-likeness (QED) is 0.272. The second kappa shape index (κ2) is 8.58. The second-order valence-corrected chi connectivity index (χ2v) is 8.86. The Balaban J connectivity index is 1.53. The van der Waals surface area contributed by atoms with E-state index in [4.69, 9.17) is 5.73 Å². The molecule has 15 heteroatoms. The first-order chi connectivity index (χ1) is 15.3. The fourth-order valence-corrected chi connectivity index (χ4v) is 5.13. The first kappa shape index (κ1) is 21.8. The normalized spacial score (nSPS) is 20.9. The average molecular weight is 478 g/mol. The van der Waals surface area contributed by atoms with Crippen LogP contribution in [-0.2, 0) is 21.4 Å². The summed E-state index contributed by atoms with van der Waals surface area (Å²) in [5, 5.41) is 19.9. The fraction of sp³-hybridized carbons (Fsp3) is 0.353. The summed E-state index contributed by atoms with van der Waals surface area (Å²) in [6.45, 7) is 0. The molecule has 0 spiro atoms. The van der Waals surface area contributed by atoms with Crippen molar-refractivity contribution in [2.45, 2.75) is 36.0 Å². The predicted octanol–water partition coefficient (Wildman–Crippen LogP) is -0.275. The van der Waals surface area contributed by atoms with Crippen LogP contribution in [0.2, 0.25) is 0 Å². The number of β-lactam (4-membered cyclic amide) rings is 1. The zero-order valence-corrected chi connectivity index (χ0v) is 18.2. The number of nitrogens with one attached hydrogen (secondary N) is 1. The van der Waals surface area contributed by atoms with Crippen molar-refractivity contribution < 1.29 is 24.2 Å². The van der Waals surface area contributed by atoms with Crippen LogP contribution in [0.3, 0.4) is 0 Å². The van der Waals surface area contributed by atoms with Gasteiger partial charge in [-0.3, -0.25) is 14.5 Å². The third kappa shape index (κ3) is 3.80. The number of thioether (sulfide) groups is 1. The van der Waals surface area contributed by atoms with Crippen molar-refractivity contribution in [2.75, 3.05) is 5.73 Å². The van der Waals surface area contributed by atoms with Gasteiger partial charge in [0.15, 0.2) is 18.0 Å². The second-order valence-electron chi connectivity index (χ2n) is 6.96. The summed E-state index contributed by atoms with van der Waals surface area (Å²) < 4.78 is 5.42. The Labute approximate surface area is 188 Å². The van der Waals surface area contributed by atoms with E-state index in [1.807, 2.05) is 0 Å². The van der Waals surface area contributed by atoms with E-state index in [2.05, 4.69) is 24.9 Å². The van der Waals surface area contributed by atoms with Crippen LogP contribution in [0.25, 0.3) is 0 Å². The summed E-state index contributed by atoms with van der Waals surface area (Å²) in [6, 6.07) is 0.448. The maximum absolute atomic E-state index is 12.8. The van der Waals surface area contributed by atoms with Crippen molar-refractivity contribution in [3.8, 4) is 0 Å². The molecule has 0 aliphatic carbocycles. The molecule has 2 unspecified atom stereocenters. The highest BCUT2D eigenvalue weighted by molar-refractivity contribution is 8.03. The molecule has 2 aliphatic rings. The average Bonchev–Trinajstić information content (AvgIpc) is 3.19. The number of nitrogens with two attached hydrogens (primary N) is 1. The standard InChI is InChI=1S/C17H16N8O5S2/c1-24-9(3-2-6-19-24)31-8-5-4-7-10(15(27)25(7)12(8)16(28)29)20-14(26)11(22-30)13-21-17(18)32-23-13/h2-3,6-7,10-11H,4-5H2,1H3,(H3-,18,20,21,23,26,28,29)/p+1/t7?,10-,11?/m0/s1. The largest absolute Gasteiger partial charge is 0.477 e. The first-order valence-electron chi connectivity index (χ1n) is 9.32. The monoisotopic (exact) mass is 477 g/mol. The molecule has 2 aromatic rings. The number of aryl methyl sites for hydroxylation is 1. The van der Waals surface area contributed by atoms with E-state index in [-0.39, 0.29) is 16.7 Å². The lowest BCUT2D eigenvalue weighted by Crippen LogP contribution is -2.71. The summed E-state index contributed by atoms with van der Waals surface area (Å²) >= 11 is 2.04. The predicted molar refractivity (Wildman–Crippen MR) is 111 cm³/mol. The summed E-state index contributed by atoms with van der Waals surface area (Å²) in [6.07, 6.45) is 2.43. The van der Waals surface area contributed by atoms with E-state index >= 15 is 0 Å². The van der Waals surface area contributed by atoms with Crippen molar-refractivity contribution in [1.82, 2.24) is 24.7 Å². The number of carboxylic acid groups (broad SMARTS) is 1. The third-order valence-corrected chi connectivity index (χ3v) is 6.87. The highest BCUT2D eigenvalue weighted by Gasteiger charge is 2.54. The summed E-state index contributed by atoms with van der Waals surface area (Å²) in [5.74, 6) is -2.82. The Morgan fingerprint density at radius 1 is 1.50 bits per heavy atom. The van der Waals surface area contributed by atoms with Gasteiger partial charge in [0.2, 0.25) is 6.04 Å². The smallest absolute Gasteiger partial charge is 0.353 e. The Bertz CT molecular complexity index is 1150. The number of carbonyl (C=O) groups excluding carboxylic acids is 2. The third-order valence-electron chi connectivity index (χ3n) is 5.06. The van der Waals surface area contributed by atoms with E-state index in [0.29, 0.717) is 22.8 Å². The number of allylic oxidation sites excluding steroid dienone is 1. The van der Waals surface area contributed by atoms with Gasteiger partial charge >= 0.3 is 5.97 Å². The van der Waals surface area contributed by atoms with Gasteiger partial charge in [-0.2, -0.15) is 4.37 Å². The number of carboxylic acids is 1. The van der Waals surface area contributed by atoms with E-state index in [1.165, 1.54) is 16.7 Å². The van der Waals surface area contributed by atoms with Crippen molar-refractivity contribution >= 4 is 46.2 Å². The minimum Gasteiger partial charge on any atom is -0.477 e. The zero-order valence-electron chi connectivity index (χ0n) is 16.5. The summed E-state index contributed by atoms with van der Waals surface area (Å²) in [4.78, 5) is 54.0. The number of nitroso groups, excluding NO2 is 1. The number of amides is 2.